The van der Waals surface area contributed by atoms with E-state index in [2.05, 4.69) is 15.9 Å². The van der Waals surface area contributed by atoms with Crippen LogP contribution in [0, 0.1) is 5.92 Å². The van der Waals surface area contributed by atoms with Gasteiger partial charge in [-0.05, 0) is 28.8 Å². The normalized spacial score (nSPS) is 18.1. The van der Waals surface area contributed by atoms with Gasteiger partial charge in [-0.1, -0.05) is 13.8 Å². The molecule has 0 unspecified atom stereocenters. The molecule has 0 aromatic rings. The molecule has 72 valence electrons. The zero-order valence-electron chi connectivity index (χ0n) is 7.93. The van der Waals surface area contributed by atoms with Crippen molar-refractivity contribution in [1.82, 2.24) is 4.90 Å². The van der Waals surface area contributed by atoms with E-state index >= 15 is 0 Å². The fraction of sp³-hybridized carbons (Fsp3) is 0.556. The average Bonchev–Trinajstić information content (AvgIpc) is 2.22. The lowest BCUT2D eigenvalue weighted by atomic mass is 10.2. The van der Waals surface area contributed by atoms with Crippen LogP contribution < -0.4 is 0 Å². The Hall–Kier alpha value is -0.640. The molecule has 0 N–H and O–H groups in total. The molecule has 4 heteroatoms. The summed E-state index contributed by atoms with van der Waals surface area (Å²) in [6.07, 6.45) is 0. The minimum absolute atomic E-state index is 0.175. The number of hydrogen-bond donors (Lipinski definition) is 0. The van der Waals surface area contributed by atoms with E-state index in [0.717, 1.165) is 0 Å². The Morgan fingerprint density at radius 1 is 1.31 bits per heavy atom. The molecule has 1 aliphatic heterocycles. The van der Waals surface area contributed by atoms with E-state index in [9.17, 15) is 9.59 Å². The Morgan fingerprint density at radius 3 is 2.15 bits per heavy atom. The molecule has 13 heavy (non-hydrogen) atoms. The molecule has 3 nitrogen and oxygen atoms in total. The minimum Gasteiger partial charge on any atom is -0.274 e. The van der Waals surface area contributed by atoms with Gasteiger partial charge in [0.15, 0.2) is 0 Å². The quantitative estimate of drug-likeness (QED) is 0.695. The van der Waals surface area contributed by atoms with Crippen LogP contribution in [0.25, 0.3) is 0 Å². The van der Waals surface area contributed by atoms with Gasteiger partial charge in [0.05, 0.1) is 4.48 Å². The largest absolute Gasteiger partial charge is 0.274 e. The summed E-state index contributed by atoms with van der Waals surface area (Å²) >= 11 is 3.11. The molecule has 0 spiro atoms. The van der Waals surface area contributed by atoms with Crippen molar-refractivity contribution in [3.05, 3.63) is 10.1 Å². The maximum atomic E-state index is 11.5. The standard InChI is InChI=1S/C9H12BrNO2/c1-5(2)4-11-8(12)6(3)7(10)9(11)13/h5H,4H2,1-3H3. The maximum Gasteiger partial charge on any atom is 0.268 e. The summed E-state index contributed by atoms with van der Waals surface area (Å²) in [5, 5.41) is 0. The van der Waals surface area contributed by atoms with Crippen molar-refractivity contribution in [1.29, 1.82) is 0 Å². The predicted molar refractivity (Wildman–Crippen MR) is 53.2 cm³/mol. The maximum absolute atomic E-state index is 11.5. The van der Waals surface area contributed by atoms with E-state index in [0.29, 0.717) is 22.5 Å². The molecule has 1 aliphatic rings. The first kappa shape index (κ1) is 10.4. The van der Waals surface area contributed by atoms with Crippen molar-refractivity contribution < 1.29 is 9.59 Å². The van der Waals surface area contributed by atoms with Crippen LogP contribution in [0.2, 0.25) is 0 Å². The Kier molecular flexibility index (Phi) is 2.91. The Bertz CT molecular complexity index is 270. The molecule has 0 aliphatic carbocycles. The van der Waals surface area contributed by atoms with Crippen molar-refractivity contribution in [3.63, 3.8) is 0 Å². The van der Waals surface area contributed by atoms with Gasteiger partial charge in [0.1, 0.15) is 0 Å². The lowest BCUT2D eigenvalue weighted by Crippen LogP contribution is -2.34. The number of hydrogen-bond acceptors (Lipinski definition) is 2. The van der Waals surface area contributed by atoms with Crippen molar-refractivity contribution >= 4 is 27.7 Å². The van der Waals surface area contributed by atoms with Gasteiger partial charge in [-0.2, -0.15) is 0 Å². The molecule has 0 aromatic carbocycles. The number of halogens is 1. The summed E-state index contributed by atoms with van der Waals surface area (Å²) in [5.74, 6) is -0.0825. The Labute approximate surface area is 85.9 Å². The molecule has 0 bridgehead atoms. The highest BCUT2D eigenvalue weighted by Gasteiger charge is 2.34. The lowest BCUT2D eigenvalue weighted by molar-refractivity contribution is -0.137. The summed E-state index contributed by atoms with van der Waals surface area (Å²) in [7, 11) is 0. The fourth-order valence-corrected chi connectivity index (χ4v) is 1.58. The first-order valence-electron chi connectivity index (χ1n) is 4.17. The van der Waals surface area contributed by atoms with Crippen LogP contribution in [-0.4, -0.2) is 23.3 Å². The first-order chi connectivity index (χ1) is 5.95. The highest BCUT2D eigenvalue weighted by Crippen LogP contribution is 2.25. The molecule has 0 fully saturated rings. The van der Waals surface area contributed by atoms with Gasteiger partial charge >= 0.3 is 0 Å². The summed E-state index contributed by atoms with van der Waals surface area (Å²) in [4.78, 5) is 24.2. The van der Waals surface area contributed by atoms with Crippen LogP contribution in [0.15, 0.2) is 10.1 Å². The van der Waals surface area contributed by atoms with Crippen molar-refractivity contribution in [3.8, 4) is 0 Å². The van der Waals surface area contributed by atoms with Gasteiger partial charge in [-0.25, -0.2) is 0 Å². The third-order valence-electron chi connectivity index (χ3n) is 1.88. The molecule has 0 saturated carbocycles. The van der Waals surface area contributed by atoms with E-state index in [1.54, 1.807) is 6.92 Å². The van der Waals surface area contributed by atoms with Crippen LogP contribution in [0.3, 0.4) is 0 Å². The summed E-state index contributed by atoms with van der Waals surface area (Å²) in [5.41, 5.74) is 0.505. The number of rotatable bonds is 2. The second-order valence-electron chi connectivity index (χ2n) is 3.55. The van der Waals surface area contributed by atoms with E-state index in [4.69, 9.17) is 0 Å². The monoisotopic (exact) mass is 245 g/mol. The summed E-state index contributed by atoms with van der Waals surface area (Å²) in [6, 6.07) is 0. The molecule has 1 rings (SSSR count). The summed E-state index contributed by atoms with van der Waals surface area (Å²) < 4.78 is 0.401. The number of nitrogens with zero attached hydrogens (tertiary/aromatic N) is 1. The first-order valence-corrected chi connectivity index (χ1v) is 4.97. The Morgan fingerprint density at radius 2 is 1.85 bits per heavy atom. The van der Waals surface area contributed by atoms with Crippen LogP contribution in [0.5, 0.6) is 0 Å². The smallest absolute Gasteiger partial charge is 0.268 e. The molecule has 0 atom stereocenters. The second kappa shape index (κ2) is 3.62. The molecule has 2 amide bonds. The van der Waals surface area contributed by atoms with E-state index in [-0.39, 0.29) is 11.8 Å². The van der Waals surface area contributed by atoms with Crippen LogP contribution >= 0.6 is 15.9 Å². The molecular formula is C9H12BrNO2. The van der Waals surface area contributed by atoms with Gasteiger partial charge in [0.25, 0.3) is 11.8 Å². The minimum atomic E-state index is -0.212. The average molecular weight is 246 g/mol. The van der Waals surface area contributed by atoms with E-state index in [1.165, 1.54) is 4.90 Å². The molecule has 1 heterocycles. The predicted octanol–water partition coefficient (Wildman–Crippen LogP) is 1.68. The van der Waals surface area contributed by atoms with Crippen molar-refractivity contribution in [2.24, 2.45) is 5.92 Å². The number of carbonyl (C=O) groups excluding carboxylic acids is 2. The van der Waals surface area contributed by atoms with Crippen LogP contribution in [0.1, 0.15) is 20.8 Å². The highest BCUT2D eigenvalue weighted by atomic mass is 79.9. The lowest BCUT2D eigenvalue weighted by Gasteiger charge is -2.16. The molecular weight excluding hydrogens is 234 g/mol. The number of imide groups is 1. The highest BCUT2D eigenvalue weighted by molar-refractivity contribution is 9.12. The van der Waals surface area contributed by atoms with Gasteiger partial charge in [0.2, 0.25) is 0 Å². The number of amides is 2. The van der Waals surface area contributed by atoms with E-state index < -0.39 is 0 Å². The molecule has 0 saturated heterocycles. The second-order valence-corrected chi connectivity index (χ2v) is 4.35. The third kappa shape index (κ3) is 1.82. The molecule has 0 radical (unpaired) electrons. The van der Waals surface area contributed by atoms with Gasteiger partial charge in [-0.3, -0.25) is 14.5 Å². The Balaban J connectivity index is 2.85. The van der Waals surface area contributed by atoms with Crippen LogP contribution in [0.4, 0.5) is 0 Å². The molecule has 0 aromatic heterocycles. The van der Waals surface area contributed by atoms with Gasteiger partial charge in [0, 0.05) is 12.1 Å². The van der Waals surface area contributed by atoms with E-state index in [1.807, 2.05) is 13.8 Å². The SMILES string of the molecule is CC1=C(Br)C(=O)N(CC(C)C)C1=O. The topological polar surface area (TPSA) is 37.4 Å². The summed E-state index contributed by atoms with van der Waals surface area (Å²) in [6.45, 7) is 6.10. The number of carbonyl (C=O) groups is 2. The zero-order valence-corrected chi connectivity index (χ0v) is 9.51. The van der Waals surface area contributed by atoms with Crippen LogP contribution in [-0.2, 0) is 9.59 Å². The third-order valence-corrected chi connectivity index (χ3v) is 2.81. The fourth-order valence-electron chi connectivity index (χ4n) is 1.20. The zero-order chi connectivity index (χ0) is 10.2. The van der Waals surface area contributed by atoms with Gasteiger partial charge < -0.3 is 0 Å². The van der Waals surface area contributed by atoms with Crippen molar-refractivity contribution in [2.75, 3.05) is 6.54 Å². The van der Waals surface area contributed by atoms with Crippen molar-refractivity contribution in [2.45, 2.75) is 20.8 Å². The van der Waals surface area contributed by atoms with Gasteiger partial charge in [-0.15, -0.1) is 0 Å².